The third-order valence-corrected chi connectivity index (χ3v) is 9.40. The molecule has 2 heterocycles. The van der Waals surface area contributed by atoms with E-state index in [9.17, 15) is 8.42 Å². The van der Waals surface area contributed by atoms with Crippen LogP contribution < -0.4 is 4.90 Å². The quantitative estimate of drug-likeness (QED) is 0.456. The monoisotopic (exact) mass is 504 g/mol. The van der Waals surface area contributed by atoms with Gasteiger partial charge in [-0.15, -0.1) is 11.3 Å². The van der Waals surface area contributed by atoms with E-state index < -0.39 is 9.84 Å². The molecule has 0 radical (unpaired) electrons. The molecule has 0 bridgehead atoms. The van der Waals surface area contributed by atoms with Gasteiger partial charge in [0.15, 0.2) is 15.0 Å². The molecule has 1 aliphatic heterocycles. The van der Waals surface area contributed by atoms with Crippen LogP contribution in [0.1, 0.15) is 35.2 Å². The number of sulfone groups is 1. The number of nitrogens with zero attached hydrogens (tertiary/aromatic N) is 2. The summed E-state index contributed by atoms with van der Waals surface area (Å²) >= 11 is 5.03. The number of aryl methyl sites for hydroxylation is 2. The van der Waals surface area contributed by atoms with E-state index in [4.69, 9.17) is 4.98 Å². The standard InChI is InChI=1S/C23H25BrN2O2S2/c1-16-6-7-17(2)18(12-16)13-20-15-29-23(25-20)26-10-8-21(9-11-26)30(27,28)22-5-3-4-19(24)14-22/h3-7,12,14-15,21H,8-11,13H2,1-2H3. The van der Waals surface area contributed by atoms with Crippen molar-refractivity contribution in [1.29, 1.82) is 0 Å². The Bertz CT molecular complexity index is 1150. The highest BCUT2D eigenvalue weighted by Gasteiger charge is 2.32. The molecule has 1 fully saturated rings. The Morgan fingerprint density at radius 2 is 1.90 bits per heavy atom. The highest BCUT2D eigenvalue weighted by atomic mass is 79.9. The van der Waals surface area contributed by atoms with Gasteiger partial charge in [0.2, 0.25) is 0 Å². The highest BCUT2D eigenvalue weighted by Crippen LogP contribution is 2.30. The molecule has 4 nitrogen and oxygen atoms in total. The predicted octanol–water partition coefficient (Wildman–Crippen LogP) is 5.56. The molecule has 7 heteroatoms. The Morgan fingerprint density at radius 3 is 2.63 bits per heavy atom. The van der Waals surface area contributed by atoms with Gasteiger partial charge in [-0.3, -0.25) is 0 Å². The maximum atomic E-state index is 13.0. The molecule has 158 valence electrons. The van der Waals surface area contributed by atoms with Gasteiger partial charge in [-0.05, 0) is 56.0 Å². The summed E-state index contributed by atoms with van der Waals surface area (Å²) in [4.78, 5) is 7.48. The molecular weight excluding hydrogens is 480 g/mol. The van der Waals surface area contributed by atoms with Crippen molar-refractivity contribution in [2.24, 2.45) is 0 Å². The minimum Gasteiger partial charge on any atom is -0.348 e. The smallest absolute Gasteiger partial charge is 0.185 e. The molecule has 0 unspecified atom stereocenters. The summed E-state index contributed by atoms with van der Waals surface area (Å²) in [7, 11) is -3.31. The zero-order valence-electron chi connectivity index (χ0n) is 17.1. The van der Waals surface area contributed by atoms with Gasteiger partial charge in [-0.1, -0.05) is 45.8 Å². The number of anilines is 1. The van der Waals surface area contributed by atoms with Crippen LogP contribution in [0.25, 0.3) is 0 Å². The fraction of sp³-hybridized carbons (Fsp3) is 0.348. The number of thiazole rings is 1. The van der Waals surface area contributed by atoms with E-state index in [1.165, 1.54) is 16.7 Å². The fourth-order valence-electron chi connectivity index (χ4n) is 3.90. The second-order valence-electron chi connectivity index (χ2n) is 7.92. The van der Waals surface area contributed by atoms with Gasteiger partial charge in [0.1, 0.15) is 0 Å². The fourth-order valence-corrected chi connectivity index (χ4v) is 7.11. The number of aromatic nitrogens is 1. The largest absolute Gasteiger partial charge is 0.348 e. The average Bonchev–Trinajstić information content (AvgIpc) is 3.19. The molecule has 0 amide bonds. The van der Waals surface area contributed by atoms with Crippen LogP contribution in [0, 0.1) is 13.8 Å². The SMILES string of the molecule is Cc1ccc(C)c(Cc2csc(N3CCC(S(=O)(=O)c4cccc(Br)c4)CC3)n2)c1. The third-order valence-electron chi connectivity index (χ3n) is 5.69. The Hall–Kier alpha value is -1.70. The lowest BCUT2D eigenvalue weighted by Gasteiger charge is -2.31. The first kappa shape index (κ1) is 21.5. The van der Waals surface area contributed by atoms with Gasteiger partial charge in [0.05, 0.1) is 15.8 Å². The van der Waals surface area contributed by atoms with Gasteiger partial charge in [0.25, 0.3) is 0 Å². The maximum Gasteiger partial charge on any atom is 0.185 e. The van der Waals surface area contributed by atoms with Gasteiger partial charge in [-0.25, -0.2) is 13.4 Å². The van der Waals surface area contributed by atoms with Crippen LogP contribution in [0.4, 0.5) is 5.13 Å². The molecule has 30 heavy (non-hydrogen) atoms. The second-order valence-corrected chi connectivity index (χ2v) is 11.9. The van der Waals surface area contributed by atoms with Crippen molar-refractivity contribution in [2.75, 3.05) is 18.0 Å². The summed E-state index contributed by atoms with van der Waals surface area (Å²) in [5.41, 5.74) is 4.94. The first-order valence-corrected chi connectivity index (χ1v) is 13.3. The molecule has 4 rings (SSSR count). The molecule has 0 saturated carbocycles. The normalized spacial score (nSPS) is 15.5. The lowest BCUT2D eigenvalue weighted by Crippen LogP contribution is -2.39. The topological polar surface area (TPSA) is 50.3 Å². The van der Waals surface area contributed by atoms with E-state index in [0.717, 1.165) is 21.7 Å². The van der Waals surface area contributed by atoms with Crippen molar-refractivity contribution in [3.63, 3.8) is 0 Å². The Kier molecular flexibility index (Phi) is 6.32. The summed E-state index contributed by atoms with van der Waals surface area (Å²) in [5, 5.41) is 2.78. The number of halogens is 1. The van der Waals surface area contributed by atoms with Crippen molar-refractivity contribution < 1.29 is 8.42 Å². The van der Waals surface area contributed by atoms with Crippen LogP contribution in [0.2, 0.25) is 0 Å². The molecule has 0 atom stereocenters. The van der Waals surface area contributed by atoms with Crippen molar-refractivity contribution in [3.05, 3.63) is 74.7 Å². The Labute approximate surface area is 191 Å². The minimum atomic E-state index is -3.31. The first-order valence-electron chi connectivity index (χ1n) is 10.1. The summed E-state index contributed by atoms with van der Waals surface area (Å²) in [5.74, 6) is 0. The van der Waals surface area contributed by atoms with Crippen molar-refractivity contribution in [2.45, 2.75) is 43.3 Å². The van der Waals surface area contributed by atoms with Gasteiger partial charge < -0.3 is 4.90 Å². The predicted molar refractivity (Wildman–Crippen MR) is 127 cm³/mol. The first-order chi connectivity index (χ1) is 14.3. The average molecular weight is 506 g/mol. The van der Waals surface area contributed by atoms with Gasteiger partial charge >= 0.3 is 0 Å². The zero-order chi connectivity index (χ0) is 21.3. The van der Waals surface area contributed by atoms with Crippen LogP contribution in [0.3, 0.4) is 0 Å². The second kappa shape index (κ2) is 8.81. The van der Waals surface area contributed by atoms with E-state index >= 15 is 0 Å². The maximum absolute atomic E-state index is 13.0. The number of benzene rings is 2. The van der Waals surface area contributed by atoms with Crippen molar-refractivity contribution in [1.82, 2.24) is 4.98 Å². The van der Waals surface area contributed by atoms with E-state index in [1.807, 2.05) is 6.07 Å². The van der Waals surface area contributed by atoms with E-state index in [1.54, 1.807) is 29.5 Å². The molecule has 1 saturated heterocycles. The van der Waals surface area contributed by atoms with Crippen LogP contribution in [-0.2, 0) is 16.3 Å². The third kappa shape index (κ3) is 4.63. The van der Waals surface area contributed by atoms with Crippen molar-refractivity contribution >= 4 is 42.2 Å². The van der Waals surface area contributed by atoms with Crippen molar-refractivity contribution in [3.8, 4) is 0 Å². The number of rotatable bonds is 5. The van der Waals surface area contributed by atoms with Crippen LogP contribution in [0.5, 0.6) is 0 Å². The van der Waals surface area contributed by atoms with E-state index in [-0.39, 0.29) is 5.25 Å². The van der Waals surface area contributed by atoms with Crippen LogP contribution >= 0.6 is 27.3 Å². The highest BCUT2D eigenvalue weighted by molar-refractivity contribution is 9.10. The molecule has 3 aromatic rings. The molecule has 0 spiro atoms. The van der Waals surface area contributed by atoms with E-state index in [0.29, 0.717) is 30.8 Å². The molecule has 2 aromatic carbocycles. The molecular formula is C23H25BrN2O2S2. The summed E-state index contributed by atoms with van der Waals surface area (Å²) in [6, 6.07) is 13.5. The Morgan fingerprint density at radius 1 is 1.13 bits per heavy atom. The molecule has 1 aliphatic rings. The van der Waals surface area contributed by atoms with Crippen LogP contribution in [-0.4, -0.2) is 31.7 Å². The zero-order valence-corrected chi connectivity index (χ0v) is 20.4. The minimum absolute atomic E-state index is 0.336. The molecule has 1 aromatic heterocycles. The summed E-state index contributed by atoms with van der Waals surface area (Å²) in [6.07, 6.45) is 2.08. The lowest BCUT2D eigenvalue weighted by molar-refractivity contribution is 0.529. The number of piperidine rings is 1. The molecule has 0 aliphatic carbocycles. The van der Waals surface area contributed by atoms with Crippen LogP contribution in [0.15, 0.2) is 57.2 Å². The lowest BCUT2D eigenvalue weighted by atomic mass is 10.0. The summed E-state index contributed by atoms with van der Waals surface area (Å²) < 4.78 is 26.8. The number of hydrogen-bond acceptors (Lipinski definition) is 5. The Balaban J connectivity index is 1.42. The van der Waals surface area contributed by atoms with Gasteiger partial charge in [0, 0.05) is 29.4 Å². The van der Waals surface area contributed by atoms with Gasteiger partial charge in [-0.2, -0.15) is 0 Å². The molecule has 0 N–H and O–H groups in total. The number of hydrogen-bond donors (Lipinski definition) is 0. The summed E-state index contributed by atoms with van der Waals surface area (Å²) in [6.45, 7) is 5.68. The van der Waals surface area contributed by atoms with E-state index in [2.05, 4.69) is 58.3 Å².